The van der Waals surface area contributed by atoms with Crippen LogP contribution in [0.5, 0.6) is 0 Å². The topological polar surface area (TPSA) is 27.7 Å². The van der Waals surface area contributed by atoms with Crippen LogP contribution in [-0.2, 0) is 11.3 Å². The summed E-state index contributed by atoms with van der Waals surface area (Å²) in [5, 5.41) is 0. The molecule has 0 unspecified atom stereocenters. The Kier molecular flexibility index (Phi) is 4.93. The molecule has 0 spiro atoms. The molecule has 0 rings (SSSR count). The first kappa shape index (κ1) is 13.4. The molecule has 0 saturated heterocycles. The van der Waals surface area contributed by atoms with Gasteiger partial charge < -0.3 is 0 Å². The quantitative estimate of drug-likeness (QED) is 0.701. The van der Waals surface area contributed by atoms with Gasteiger partial charge in [-0.15, -0.1) is 0 Å². The normalized spacial score (nSPS) is 13.8. The van der Waals surface area contributed by atoms with Crippen molar-refractivity contribution in [1.29, 1.82) is 0 Å². The summed E-state index contributed by atoms with van der Waals surface area (Å²) in [6.45, 7) is 8.62. The van der Waals surface area contributed by atoms with Gasteiger partial charge in [0.2, 0.25) is 0 Å². The first-order chi connectivity index (χ1) is 5.88. The monoisotopic (exact) mass is 252 g/mol. The summed E-state index contributed by atoms with van der Waals surface area (Å²) in [5.41, 5.74) is 0. The Balaban J connectivity index is 4.91. The van der Waals surface area contributed by atoms with Gasteiger partial charge in [-0.05, 0) is 0 Å². The van der Waals surface area contributed by atoms with Crippen molar-refractivity contribution in [3.8, 4) is 0 Å². The van der Waals surface area contributed by atoms with E-state index in [-0.39, 0.29) is 4.25 Å². The maximum atomic E-state index is 5.51. The van der Waals surface area contributed by atoms with E-state index in [2.05, 4.69) is 27.7 Å². The summed E-state index contributed by atoms with van der Waals surface area (Å²) in [7, 11) is 5.03. The minimum absolute atomic E-state index is 0.0156. The molecule has 13 heavy (non-hydrogen) atoms. The van der Waals surface area contributed by atoms with Gasteiger partial charge >= 0.3 is 84.8 Å². The van der Waals surface area contributed by atoms with E-state index in [1.165, 1.54) is 0 Å². The molecule has 0 heterocycles. The summed E-state index contributed by atoms with van der Waals surface area (Å²) in [6, 6.07) is 0. The third-order valence-corrected chi connectivity index (χ3v) is 10.9. The predicted octanol–water partition coefficient (Wildman–Crippen LogP) is 2.30. The first-order valence-electron chi connectivity index (χ1n) is 4.53. The zero-order valence-corrected chi connectivity index (χ0v) is 11.9. The van der Waals surface area contributed by atoms with Crippen LogP contribution >= 0.6 is 0 Å². The molecule has 0 amide bonds. The molecule has 0 bridgehead atoms. The van der Waals surface area contributed by atoms with Crippen molar-refractivity contribution >= 4 is 14.3 Å². The van der Waals surface area contributed by atoms with Crippen molar-refractivity contribution in [2.45, 2.75) is 31.9 Å². The van der Waals surface area contributed by atoms with E-state index in [0.29, 0.717) is 5.92 Å². The Labute approximate surface area is 85.1 Å². The zero-order valence-electron chi connectivity index (χ0n) is 9.80. The molecule has 4 heteroatoms. The molecular weight excluding hydrogens is 229 g/mol. The van der Waals surface area contributed by atoms with Crippen LogP contribution in [0.25, 0.3) is 0 Å². The van der Waals surface area contributed by atoms with E-state index in [4.69, 9.17) is 11.3 Å². The molecule has 0 saturated carbocycles. The Morgan fingerprint density at radius 1 is 0.923 bits per heavy atom. The average molecular weight is 251 g/mol. The van der Waals surface area contributed by atoms with E-state index < -0.39 is 14.3 Å². The molecule has 0 radical (unpaired) electrons. The molecule has 0 aromatic heterocycles. The summed E-state index contributed by atoms with van der Waals surface area (Å²) >= 11 is -3.05. The van der Waals surface area contributed by atoms with Crippen LogP contribution in [0.4, 0.5) is 0 Å². The molecule has 0 atom stereocenters. The van der Waals surface area contributed by atoms with E-state index in [0.717, 1.165) is 0 Å². The molecule has 0 aliphatic carbocycles. The summed E-state index contributed by atoms with van der Waals surface area (Å²) in [5.74, 6) is 0.479. The van der Waals surface area contributed by atoms with Crippen LogP contribution in [0.2, 0.25) is 4.25 Å². The molecule has 0 aliphatic heterocycles. The van der Waals surface area contributed by atoms with Crippen LogP contribution in [0.1, 0.15) is 27.7 Å². The van der Waals surface area contributed by atoms with Crippen molar-refractivity contribution in [3.05, 3.63) is 0 Å². The molecule has 0 N–H and O–H groups in total. The number of rotatable bonds is 5. The van der Waals surface area contributed by atoms with Gasteiger partial charge in [0.1, 0.15) is 0 Å². The Hall–Kier alpha value is 0.423. The van der Waals surface area contributed by atoms with Gasteiger partial charge in [-0.1, -0.05) is 0 Å². The van der Waals surface area contributed by atoms with Crippen molar-refractivity contribution in [2.24, 2.45) is 5.92 Å². The standard InChI is InChI=1S/C9H22GeO3/c1-8(2)9(3,4)10(11-5,12-6)13-7/h8H,1-7H3. The van der Waals surface area contributed by atoms with Crippen LogP contribution in [0, 0.1) is 5.92 Å². The number of hydrogen-bond acceptors (Lipinski definition) is 3. The average Bonchev–Trinajstić information content (AvgIpc) is 2.08. The molecule has 0 fully saturated rings. The van der Waals surface area contributed by atoms with Crippen LogP contribution < -0.4 is 0 Å². The van der Waals surface area contributed by atoms with Gasteiger partial charge in [0.25, 0.3) is 0 Å². The van der Waals surface area contributed by atoms with Gasteiger partial charge in [-0.25, -0.2) is 0 Å². The molecule has 80 valence electrons. The molecular formula is C9H22GeO3. The molecule has 0 aromatic rings. The second kappa shape index (κ2) is 4.78. The SMILES string of the molecule is C[O][Ge]([O]C)([O]C)[C](C)(C)C(C)C. The van der Waals surface area contributed by atoms with Gasteiger partial charge in [0.05, 0.1) is 0 Å². The fourth-order valence-electron chi connectivity index (χ4n) is 1.39. The minimum atomic E-state index is -3.05. The van der Waals surface area contributed by atoms with Crippen molar-refractivity contribution in [3.63, 3.8) is 0 Å². The third kappa shape index (κ3) is 2.26. The molecule has 0 aromatic carbocycles. The van der Waals surface area contributed by atoms with Gasteiger partial charge in [0, 0.05) is 0 Å². The van der Waals surface area contributed by atoms with Gasteiger partial charge in [-0.3, -0.25) is 0 Å². The van der Waals surface area contributed by atoms with E-state index in [1.807, 2.05) is 0 Å². The summed E-state index contributed by atoms with van der Waals surface area (Å²) in [4.78, 5) is 0. The fourth-order valence-corrected chi connectivity index (χ4v) is 7.24. The summed E-state index contributed by atoms with van der Waals surface area (Å²) < 4.78 is 16.5. The van der Waals surface area contributed by atoms with Crippen molar-refractivity contribution in [2.75, 3.05) is 21.3 Å². The zero-order chi connectivity index (χ0) is 10.7. The molecule has 0 aliphatic rings. The third-order valence-electron chi connectivity index (χ3n) is 3.04. The van der Waals surface area contributed by atoms with Crippen LogP contribution in [-0.4, -0.2) is 35.6 Å². The van der Waals surface area contributed by atoms with Gasteiger partial charge in [-0.2, -0.15) is 0 Å². The van der Waals surface area contributed by atoms with E-state index in [1.54, 1.807) is 21.3 Å². The van der Waals surface area contributed by atoms with Gasteiger partial charge in [0.15, 0.2) is 0 Å². The fraction of sp³-hybridized carbons (Fsp3) is 1.00. The second-order valence-electron chi connectivity index (χ2n) is 4.04. The first-order valence-corrected chi connectivity index (χ1v) is 8.15. The predicted molar refractivity (Wildman–Crippen MR) is 55.7 cm³/mol. The van der Waals surface area contributed by atoms with E-state index in [9.17, 15) is 0 Å². The Bertz CT molecular complexity index is 145. The number of hydrogen-bond donors (Lipinski definition) is 0. The van der Waals surface area contributed by atoms with Crippen molar-refractivity contribution in [1.82, 2.24) is 0 Å². The Morgan fingerprint density at radius 2 is 1.23 bits per heavy atom. The van der Waals surface area contributed by atoms with Crippen molar-refractivity contribution < 1.29 is 11.3 Å². The Morgan fingerprint density at radius 3 is 1.31 bits per heavy atom. The van der Waals surface area contributed by atoms with Crippen LogP contribution in [0.3, 0.4) is 0 Å². The summed E-state index contributed by atoms with van der Waals surface area (Å²) in [6.07, 6.45) is 0. The molecule has 3 nitrogen and oxygen atoms in total. The van der Waals surface area contributed by atoms with E-state index >= 15 is 0 Å². The maximum absolute atomic E-state index is 5.51. The second-order valence-corrected chi connectivity index (χ2v) is 11.7. The van der Waals surface area contributed by atoms with Crippen LogP contribution in [0.15, 0.2) is 0 Å².